The van der Waals surface area contributed by atoms with Crippen LogP contribution in [0.1, 0.15) is 37.8 Å². The molecule has 0 aromatic heterocycles. The summed E-state index contributed by atoms with van der Waals surface area (Å²) in [4.78, 5) is 29.3. The van der Waals surface area contributed by atoms with Crippen LogP contribution in [0.25, 0.3) is 16.3 Å². The Labute approximate surface area is 181 Å². The highest BCUT2D eigenvalue weighted by molar-refractivity contribution is 6.24. The normalized spacial score (nSPS) is 23.6. The van der Waals surface area contributed by atoms with Crippen molar-refractivity contribution in [1.82, 2.24) is 0 Å². The lowest BCUT2D eigenvalue weighted by molar-refractivity contribution is -0.124. The molecule has 0 bridgehead atoms. The van der Waals surface area contributed by atoms with Crippen molar-refractivity contribution in [3.05, 3.63) is 77.4 Å². The molecule has 1 N–H and O–H groups in total. The summed E-state index contributed by atoms with van der Waals surface area (Å²) in [6.45, 7) is 4.29. The fourth-order valence-corrected chi connectivity index (χ4v) is 5.86. The number of hydrogen-bond acceptors (Lipinski definition) is 3. The van der Waals surface area contributed by atoms with Crippen LogP contribution < -0.4 is 10.2 Å². The first kappa shape index (κ1) is 18.4. The molecule has 6 rings (SSSR count). The Bertz CT molecular complexity index is 1350. The van der Waals surface area contributed by atoms with Gasteiger partial charge in [0.1, 0.15) is 0 Å². The van der Waals surface area contributed by atoms with E-state index in [1.165, 1.54) is 0 Å². The molecule has 31 heavy (non-hydrogen) atoms. The molecular weight excluding hydrogens is 384 g/mol. The molecule has 0 saturated carbocycles. The number of ketones is 1. The largest absolute Gasteiger partial charge is 0.363 e. The van der Waals surface area contributed by atoms with E-state index in [4.69, 9.17) is 0 Å². The Morgan fingerprint density at radius 1 is 0.903 bits per heavy atom. The summed E-state index contributed by atoms with van der Waals surface area (Å²) in [5.74, 6) is -0.0242. The van der Waals surface area contributed by atoms with Crippen LogP contribution in [0.5, 0.6) is 0 Å². The van der Waals surface area contributed by atoms with Crippen molar-refractivity contribution >= 4 is 39.4 Å². The van der Waals surface area contributed by atoms with Gasteiger partial charge in [0.15, 0.2) is 11.3 Å². The van der Waals surface area contributed by atoms with E-state index in [2.05, 4.69) is 43.4 Å². The number of likely N-dealkylation sites (N-methyl/N-ethyl adjacent to an activating group) is 1. The molecule has 0 fully saturated rings. The van der Waals surface area contributed by atoms with Gasteiger partial charge in [-0.1, -0.05) is 62.4 Å². The van der Waals surface area contributed by atoms with Crippen LogP contribution in [0.4, 0.5) is 11.4 Å². The topological polar surface area (TPSA) is 49.4 Å². The predicted molar refractivity (Wildman–Crippen MR) is 124 cm³/mol. The lowest BCUT2D eigenvalue weighted by Gasteiger charge is -2.44. The Hall–Kier alpha value is -3.40. The van der Waals surface area contributed by atoms with Crippen molar-refractivity contribution in [2.75, 3.05) is 17.3 Å². The van der Waals surface area contributed by atoms with Crippen molar-refractivity contribution in [1.29, 1.82) is 0 Å². The molecule has 4 nitrogen and oxygen atoms in total. The Balaban J connectivity index is 1.76. The summed E-state index contributed by atoms with van der Waals surface area (Å²) in [5.41, 5.74) is 4.04. The van der Waals surface area contributed by atoms with Gasteiger partial charge in [-0.25, -0.2) is 0 Å². The van der Waals surface area contributed by atoms with Crippen molar-refractivity contribution in [3.8, 4) is 0 Å². The number of benzene rings is 3. The second-order valence-electron chi connectivity index (χ2n) is 9.76. The maximum Gasteiger partial charge on any atom is 0.262 e. The average molecular weight is 409 g/mol. The zero-order valence-corrected chi connectivity index (χ0v) is 18.0. The highest BCUT2D eigenvalue weighted by Crippen LogP contribution is 2.57. The number of nitrogens with zero attached hydrogens (tertiary/aromatic N) is 1. The summed E-state index contributed by atoms with van der Waals surface area (Å²) in [5, 5.41) is 5.84. The number of carbonyl (C=O) groups is 2. The van der Waals surface area contributed by atoms with Gasteiger partial charge in [0.05, 0.1) is 0 Å². The minimum atomic E-state index is -1.16. The summed E-state index contributed by atoms with van der Waals surface area (Å²) < 4.78 is 0. The molecular formula is C27H24N2O2. The molecule has 4 heteroatoms. The van der Waals surface area contributed by atoms with Crippen LogP contribution in [0.2, 0.25) is 0 Å². The molecule has 1 aliphatic carbocycles. The number of amides is 1. The third-order valence-electron chi connectivity index (χ3n) is 7.10. The van der Waals surface area contributed by atoms with Gasteiger partial charge in [-0.2, -0.15) is 0 Å². The molecule has 154 valence electrons. The van der Waals surface area contributed by atoms with E-state index < -0.39 is 5.54 Å². The number of fused-ring (bicyclic) bond motifs is 7. The van der Waals surface area contributed by atoms with Gasteiger partial charge in [0, 0.05) is 41.5 Å². The first-order valence-corrected chi connectivity index (χ1v) is 10.8. The summed E-state index contributed by atoms with van der Waals surface area (Å²) in [7, 11) is 1.80. The number of Topliss-reactive ketones (excluding diaryl/α,β-unsaturated/α-hetero) is 1. The molecule has 2 heterocycles. The molecule has 3 aliphatic rings. The lowest BCUT2D eigenvalue weighted by Crippen LogP contribution is -2.52. The maximum atomic E-state index is 13.9. The molecule has 1 amide bonds. The number of rotatable bonds is 0. The van der Waals surface area contributed by atoms with Gasteiger partial charge in [-0.3, -0.25) is 9.59 Å². The van der Waals surface area contributed by atoms with Gasteiger partial charge in [-0.15, -0.1) is 0 Å². The third-order valence-corrected chi connectivity index (χ3v) is 7.10. The van der Waals surface area contributed by atoms with Crippen molar-refractivity contribution in [2.24, 2.45) is 5.41 Å². The van der Waals surface area contributed by atoms with Gasteiger partial charge in [-0.05, 0) is 40.3 Å². The molecule has 0 radical (unpaired) electrons. The molecule has 2 aliphatic heterocycles. The number of carbonyl (C=O) groups excluding carboxylic acids is 2. The lowest BCUT2D eigenvalue weighted by atomic mass is 9.64. The zero-order chi connectivity index (χ0) is 21.5. The monoisotopic (exact) mass is 408 g/mol. The Morgan fingerprint density at radius 2 is 1.65 bits per heavy atom. The number of nitrogens with one attached hydrogen (secondary N) is 1. The fourth-order valence-electron chi connectivity index (χ4n) is 5.86. The average Bonchev–Trinajstić information content (AvgIpc) is 2.95. The number of anilines is 2. The Morgan fingerprint density at radius 3 is 2.48 bits per heavy atom. The van der Waals surface area contributed by atoms with E-state index in [1.54, 1.807) is 11.9 Å². The molecule has 1 spiro atoms. The van der Waals surface area contributed by atoms with Gasteiger partial charge >= 0.3 is 0 Å². The van der Waals surface area contributed by atoms with Crippen molar-refractivity contribution in [2.45, 2.75) is 32.2 Å². The summed E-state index contributed by atoms with van der Waals surface area (Å²) in [6.07, 6.45) is 1.20. The molecule has 1 unspecified atom stereocenters. The number of para-hydroxylation sites is 1. The SMILES string of the molecule is CN1C(=O)C2(Nc3ccc4ccccc4c3C3=C2C(=O)CC(C)(C)C3)c2ccccc21. The Kier molecular flexibility index (Phi) is 3.47. The quantitative estimate of drug-likeness (QED) is 0.551. The van der Waals surface area contributed by atoms with Gasteiger partial charge in [0.2, 0.25) is 0 Å². The standard InChI is InChI=1S/C27H24N2O2/c1-26(2)14-18-23-17-9-5-4-8-16(17)12-13-20(23)28-27(24(18)22(30)15-26)19-10-6-7-11-21(19)29(3)25(27)31/h4-13,28H,14-15H2,1-3H3. The van der Waals surface area contributed by atoms with Crippen LogP contribution in [0.15, 0.2) is 66.2 Å². The second kappa shape index (κ2) is 5.85. The maximum absolute atomic E-state index is 13.9. The fraction of sp³-hybridized carbons (Fsp3) is 0.259. The highest BCUT2D eigenvalue weighted by Gasteiger charge is 2.58. The van der Waals surface area contributed by atoms with E-state index in [-0.39, 0.29) is 17.1 Å². The first-order valence-electron chi connectivity index (χ1n) is 10.8. The smallest absolute Gasteiger partial charge is 0.262 e. The van der Waals surface area contributed by atoms with E-state index in [0.717, 1.165) is 45.3 Å². The van der Waals surface area contributed by atoms with E-state index in [9.17, 15) is 9.59 Å². The minimum absolute atomic E-state index is 0.0655. The third kappa shape index (κ3) is 2.25. The number of allylic oxidation sites excluding steroid dienone is 1. The van der Waals surface area contributed by atoms with Crippen LogP contribution in [0, 0.1) is 5.41 Å². The second-order valence-corrected chi connectivity index (χ2v) is 9.76. The molecule has 3 aromatic rings. The number of hydrogen-bond donors (Lipinski definition) is 1. The summed E-state index contributed by atoms with van der Waals surface area (Å²) >= 11 is 0. The van der Waals surface area contributed by atoms with E-state index in [1.807, 2.05) is 36.4 Å². The molecule has 3 aromatic carbocycles. The highest BCUT2D eigenvalue weighted by atomic mass is 16.2. The van der Waals surface area contributed by atoms with Gasteiger partial charge < -0.3 is 10.2 Å². The first-order chi connectivity index (χ1) is 14.8. The van der Waals surface area contributed by atoms with Gasteiger partial charge in [0.25, 0.3) is 5.91 Å². The minimum Gasteiger partial charge on any atom is -0.363 e. The zero-order valence-electron chi connectivity index (χ0n) is 18.0. The van der Waals surface area contributed by atoms with Crippen LogP contribution in [0.3, 0.4) is 0 Å². The predicted octanol–water partition coefficient (Wildman–Crippen LogP) is 5.28. The summed E-state index contributed by atoms with van der Waals surface area (Å²) in [6, 6.07) is 20.2. The molecule has 0 saturated heterocycles. The van der Waals surface area contributed by atoms with Crippen molar-refractivity contribution < 1.29 is 9.59 Å². The van der Waals surface area contributed by atoms with Crippen LogP contribution in [-0.2, 0) is 15.1 Å². The van der Waals surface area contributed by atoms with Crippen LogP contribution >= 0.6 is 0 Å². The molecule has 1 atom stereocenters. The van der Waals surface area contributed by atoms with Crippen molar-refractivity contribution in [3.63, 3.8) is 0 Å². The van der Waals surface area contributed by atoms with Crippen LogP contribution in [-0.4, -0.2) is 18.7 Å². The van der Waals surface area contributed by atoms with E-state index >= 15 is 0 Å². The van der Waals surface area contributed by atoms with E-state index in [0.29, 0.717) is 12.0 Å².